The number of nitrogens with one attached hydrogen (secondary N) is 1. The fourth-order valence-electron chi connectivity index (χ4n) is 1.11. The summed E-state index contributed by atoms with van der Waals surface area (Å²) in [6.45, 7) is 1.61. The number of rotatable bonds is 4. The molecule has 0 aliphatic heterocycles. The first-order valence-corrected chi connectivity index (χ1v) is 4.75. The van der Waals surface area contributed by atoms with Gasteiger partial charge in [-0.05, 0) is 31.0 Å². The van der Waals surface area contributed by atoms with Crippen molar-refractivity contribution >= 4 is 17.6 Å². The van der Waals surface area contributed by atoms with Gasteiger partial charge in [-0.2, -0.15) is 0 Å². The van der Waals surface area contributed by atoms with Crippen LogP contribution in [0.2, 0.25) is 0 Å². The van der Waals surface area contributed by atoms with E-state index in [0.717, 1.165) is 0 Å². The molecule has 0 aliphatic carbocycles. The number of carboxylic acid groups (broad SMARTS) is 1. The number of halogens is 1. The van der Waals surface area contributed by atoms with Gasteiger partial charge in [-0.1, -0.05) is 6.07 Å². The second-order valence-electron chi connectivity index (χ2n) is 3.38. The summed E-state index contributed by atoms with van der Waals surface area (Å²) in [6, 6.07) is 4.27. The van der Waals surface area contributed by atoms with E-state index in [1.807, 2.05) is 0 Å². The number of amides is 1. The average molecular weight is 224 g/mol. The van der Waals surface area contributed by atoms with Crippen LogP contribution in [0.1, 0.15) is 18.4 Å². The molecule has 0 fully saturated rings. The molecule has 0 heterocycles. The van der Waals surface area contributed by atoms with Crippen molar-refractivity contribution in [2.45, 2.75) is 19.8 Å². The van der Waals surface area contributed by atoms with Crippen molar-refractivity contribution in [2.24, 2.45) is 0 Å². The smallest absolute Gasteiger partial charge is 0.224 e. The second-order valence-corrected chi connectivity index (χ2v) is 3.38. The largest absolute Gasteiger partial charge is 0.550 e. The second kappa shape index (κ2) is 5.25. The Labute approximate surface area is 92.1 Å². The highest BCUT2D eigenvalue weighted by atomic mass is 19.1. The molecule has 16 heavy (non-hydrogen) atoms. The first-order chi connectivity index (χ1) is 7.49. The van der Waals surface area contributed by atoms with Crippen LogP contribution >= 0.6 is 0 Å². The van der Waals surface area contributed by atoms with Crippen molar-refractivity contribution in [3.05, 3.63) is 29.6 Å². The summed E-state index contributed by atoms with van der Waals surface area (Å²) in [4.78, 5) is 21.3. The molecule has 1 rings (SSSR count). The summed E-state index contributed by atoms with van der Waals surface area (Å²) >= 11 is 0. The van der Waals surface area contributed by atoms with E-state index < -0.39 is 17.7 Å². The van der Waals surface area contributed by atoms with E-state index in [4.69, 9.17) is 0 Å². The summed E-state index contributed by atoms with van der Waals surface area (Å²) in [5.41, 5.74) is 0.791. The molecule has 1 aromatic carbocycles. The maximum atomic E-state index is 13.1. The lowest BCUT2D eigenvalue weighted by molar-refractivity contribution is -0.305. The molecule has 1 aromatic rings. The lowest BCUT2D eigenvalue weighted by Gasteiger charge is -2.06. The topological polar surface area (TPSA) is 69.2 Å². The van der Waals surface area contributed by atoms with Crippen LogP contribution in [0, 0.1) is 12.7 Å². The number of carboxylic acids is 1. The van der Waals surface area contributed by atoms with Gasteiger partial charge in [0.05, 0.1) is 0 Å². The van der Waals surface area contributed by atoms with Gasteiger partial charge < -0.3 is 15.2 Å². The van der Waals surface area contributed by atoms with E-state index in [-0.39, 0.29) is 12.8 Å². The summed E-state index contributed by atoms with van der Waals surface area (Å²) in [5, 5.41) is 12.5. The summed E-state index contributed by atoms with van der Waals surface area (Å²) in [5.74, 6) is -2.18. The van der Waals surface area contributed by atoms with Gasteiger partial charge in [-0.15, -0.1) is 0 Å². The minimum Gasteiger partial charge on any atom is -0.550 e. The van der Waals surface area contributed by atoms with E-state index in [0.29, 0.717) is 11.3 Å². The number of hydrogen-bond donors (Lipinski definition) is 1. The van der Waals surface area contributed by atoms with Crippen LogP contribution in [-0.2, 0) is 9.59 Å². The monoisotopic (exact) mass is 224 g/mol. The molecule has 0 aliphatic rings. The van der Waals surface area contributed by atoms with Crippen molar-refractivity contribution < 1.29 is 19.1 Å². The highest BCUT2D eigenvalue weighted by Crippen LogP contribution is 2.13. The summed E-state index contributed by atoms with van der Waals surface area (Å²) < 4.78 is 13.1. The van der Waals surface area contributed by atoms with Crippen molar-refractivity contribution in [1.29, 1.82) is 0 Å². The van der Waals surface area contributed by atoms with Crippen LogP contribution < -0.4 is 10.4 Å². The van der Waals surface area contributed by atoms with Gasteiger partial charge in [0.25, 0.3) is 0 Å². The molecule has 0 aromatic heterocycles. The maximum Gasteiger partial charge on any atom is 0.224 e. The molecule has 1 amide bonds. The summed E-state index contributed by atoms with van der Waals surface area (Å²) in [6.07, 6.45) is -0.530. The van der Waals surface area contributed by atoms with Crippen molar-refractivity contribution in [1.82, 2.24) is 0 Å². The predicted octanol–water partition coefficient (Wildman–Crippen LogP) is 0.603. The molecule has 0 atom stereocenters. The highest BCUT2D eigenvalue weighted by Gasteiger charge is 2.04. The Kier molecular flexibility index (Phi) is 3.99. The highest BCUT2D eigenvalue weighted by molar-refractivity contribution is 5.92. The molecule has 0 spiro atoms. The molecule has 1 N–H and O–H groups in total. The third-order valence-electron chi connectivity index (χ3n) is 2.01. The van der Waals surface area contributed by atoms with E-state index in [2.05, 4.69) is 5.32 Å². The Hall–Kier alpha value is -1.91. The minimum absolute atomic E-state index is 0.183. The molecule has 0 radical (unpaired) electrons. The number of benzene rings is 1. The molecule has 4 nitrogen and oxygen atoms in total. The van der Waals surface area contributed by atoms with E-state index in [1.165, 1.54) is 12.1 Å². The summed E-state index contributed by atoms with van der Waals surface area (Å²) in [7, 11) is 0. The molecule has 0 bridgehead atoms. The number of anilines is 1. The standard InChI is InChI=1S/C11H12FNO3/c1-7-2-3-8(6-9(7)12)13-10(14)4-5-11(15)16/h2-3,6H,4-5H2,1H3,(H,13,14)(H,15,16)/p-1. The Morgan fingerprint density at radius 2 is 2.06 bits per heavy atom. The normalized spacial score (nSPS) is 9.88. The van der Waals surface area contributed by atoms with Crippen LogP contribution in [0.5, 0.6) is 0 Å². The third-order valence-corrected chi connectivity index (χ3v) is 2.01. The van der Waals surface area contributed by atoms with E-state index in [1.54, 1.807) is 13.0 Å². The molecular weight excluding hydrogens is 213 g/mol. The minimum atomic E-state index is -1.29. The first-order valence-electron chi connectivity index (χ1n) is 4.75. The van der Waals surface area contributed by atoms with E-state index >= 15 is 0 Å². The zero-order valence-electron chi connectivity index (χ0n) is 8.75. The molecule has 0 saturated heterocycles. The van der Waals surface area contributed by atoms with Gasteiger partial charge in [-0.3, -0.25) is 4.79 Å². The van der Waals surface area contributed by atoms with Gasteiger partial charge in [-0.25, -0.2) is 4.39 Å². The lowest BCUT2D eigenvalue weighted by Crippen LogP contribution is -2.24. The molecule has 0 unspecified atom stereocenters. The number of carbonyl (C=O) groups excluding carboxylic acids is 2. The molecular formula is C11H11FNO3-. The van der Waals surface area contributed by atoms with Crippen LogP contribution in [0.3, 0.4) is 0 Å². The van der Waals surface area contributed by atoms with Crippen molar-refractivity contribution in [3.8, 4) is 0 Å². The zero-order valence-corrected chi connectivity index (χ0v) is 8.75. The van der Waals surface area contributed by atoms with Crippen LogP contribution in [-0.4, -0.2) is 11.9 Å². The van der Waals surface area contributed by atoms with Crippen molar-refractivity contribution in [3.63, 3.8) is 0 Å². The van der Waals surface area contributed by atoms with Gasteiger partial charge in [0, 0.05) is 18.1 Å². The van der Waals surface area contributed by atoms with E-state index in [9.17, 15) is 19.1 Å². The number of carbonyl (C=O) groups is 2. The first kappa shape index (κ1) is 12.2. The fourth-order valence-corrected chi connectivity index (χ4v) is 1.11. The van der Waals surface area contributed by atoms with Crippen LogP contribution in [0.4, 0.5) is 10.1 Å². The number of hydrogen-bond acceptors (Lipinski definition) is 3. The van der Waals surface area contributed by atoms with Gasteiger partial charge in [0.1, 0.15) is 5.82 Å². The quantitative estimate of drug-likeness (QED) is 0.814. The van der Waals surface area contributed by atoms with Gasteiger partial charge in [0.2, 0.25) is 5.91 Å². The molecule has 5 heteroatoms. The van der Waals surface area contributed by atoms with Crippen molar-refractivity contribution in [2.75, 3.05) is 5.32 Å². The number of aliphatic carboxylic acids is 1. The van der Waals surface area contributed by atoms with Crippen LogP contribution in [0.15, 0.2) is 18.2 Å². The maximum absolute atomic E-state index is 13.1. The molecule has 0 saturated carbocycles. The lowest BCUT2D eigenvalue weighted by atomic mass is 10.2. The van der Waals surface area contributed by atoms with Gasteiger partial charge >= 0.3 is 0 Å². The SMILES string of the molecule is Cc1ccc(NC(=O)CCC(=O)[O-])cc1F. The third kappa shape index (κ3) is 3.68. The average Bonchev–Trinajstić information content (AvgIpc) is 2.21. The predicted molar refractivity (Wildman–Crippen MR) is 54.0 cm³/mol. The van der Waals surface area contributed by atoms with Gasteiger partial charge in [0.15, 0.2) is 0 Å². The zero-order chi connectivity index (χ0) is 12.1. The van der Waals surface area contributed by atoms with Crippen LogP contribution in [0.25, 0.3) is 0 Å². The Morgan fingerprint density at radius 1 is 1.38 bits per heavy atom. The Morgan fingerprint density at radius 3 is 2.62 bits per heavy atom. The molecule has 86 valence electrons. The Balaban J connectivity index is 2.56. The fraction of sp³-hybridized carbons (Fsp3) is 0.273. The Bertz CT molecular complexity index is 418. The number of aryl methyl sites for hydroxylation is 1.